The predicted octanol–water partition coefficient (Wildman–Crippen LogP) is 1.87. The van der Waals surface area contributed by atoms with Crippen molar-refractivity contribution in [3.63, 3.8) is 0 Å². The average Bonchev–Trinajstić information content (AvgIpc) is 2.49. The number of benzene rings is 1. The van der Waals surface area contributed by atoms with Crippen molar-refractivity contribution in [1.29, 1.82) is 5.26 Å². The zero-order chi connectivity index (χ0) is 15.2. The van der Waals surface area contributed by atoms with E-state index in [-0.39, 0.29) is 0 Å². The van der Waals surface area contributed by atoms with Crippen molar-refractivity contribution in [3.8, 4) is 6.07 Å². The molecule has 0 bridgehead atoms. The molecule has 114 valence electrons. The quantitative estimate of drug-likeness (QED) is 0.898. The van der Waals surface area contributed by atoms with Gasteiger partial charge in [-0.2, -0.15) is 5.26 Å². The number of rotatable bonds is 5. The second kappa shape index (κ2) is 7.56. The van der Waals surface area contributed by atoms with Crippen LogP contribution >= 0.6 is 0 Å². The molecule has 0 amide bonds. The minimum absolute atomic E-state index is 0.492. The first-order chi connectivity index (χ1) is 10.1. The summed E-state index contributed by atoms with van der Waals surface area (Å²) in [5.74, 6) is 0.736. The molecular formula is C17H25N3O. The van der Waals surface area contributed by atoms with Gasteiger partial charge in [0.2, 0.25) is 0 Å². The largest absolute Gasteiger partial charge is 0.387 e. The van der Waals surface area contributed by atoms with Crippen molar-refractivity contribution < 1.29 is 5.11 Å². The van der Waals surface area contributed by atoms with Gasteiger partial charge in [0.25, 0.3) is 0 Å². The lowest BCUT2D eigenvalue weighted by molar-refractivity contribution is 0.106. The van der Waals surface area contributed by atoms with Gasteiger partial charge < -0.3 is 14.9 Å². The Kier molecular flexibility index (Phi) is 5.75. The summed E-state index contributed by atoms with van der Waals surface area (Å²) in [6.45, 7) is 4.03. The molecule has 4 heteroatoms. The molecule has 1 heterocycles. The third-order valence-corrected chi connectivity index (χ3v) is 4.32. The van der Waals surface area contributed by atoms with Crippen LogP contribution in [0, 0.1) is 17.2 Å². The molecule has 1 unspecified atom stereocenters. The van der Waals surface area contributed by atoms with Crippen LogP contribution in [0.3, 0.4) is 0 Å². The van der Waals surface area contributed by atoms with Crippen LogP contribution in [0.5, 0.6) is 0 Å². The van der Waals surface area contributed by atoms with Gasteiger partial charge in [-0.15, -0.1) is 0 Å². The van der Waals surface area contributed by atoms with E-state index in [2.05, 4.69) is 30.0 Å². The number of nitrogens with zero attached hydrogens (tertiary/aromatic N) is 3. The van der Waals surface area contributed by atoms with Crippen molar-refractivity contribution in [3.05, 3.63) is 35.4 Å². The molecule has 0 radical (unpaired) electrons. The standard InChI is InChI=1S/C17H25N3O/c1-19-9-7-15(8-10-19)12-20(2)13-17(21)16-5-3-14(11-18)4-6-16/h3-6,15,17,21H,7-10,12-13H2,1-2H3. The minimum atomic E-state index is -0.492. The zero-order valence-electron chi connectivity index (χ0n) is 13.0. The number of nitriles is 1. The van der Waals surface area contributed by atoms with Crippen molar-refractivity contribution in [2.75, 3.05) is 40.3 Å². The van der Waals surface area contributed by atoms with Crippen LogP contribution < -0.4 is 0 Å². The highest BCUT2D eigenvalue weighted by molar-refractivity contribution is 5.32. The highest BCUT2D eigenvalue weighted by atomic mass is 16.3. The lowest BCUT2D eigenvalue weighted by atomic mass is 9.96. The number of aliphatic hydroxyl groups excluding tert-OH is 1. The van der Waals surface area contributed by atoms with Gasteiger partial charge in [-0.05, 0) is 63.6 Å². The molecule has 21 heavy (non-hydrogen) atoms. The molecule has 1 atom stereocenters. The van der Waals surface area contributed by atoms with Gasteiger partial charge in [0.05, 0.1) is 17.7 Å². The molecule has 1 aliphatic rings. The Morgan fingerprint density at radius 2 is 1.95 bits per heavy atom. The maximum absolute atomic E-state index is 10.3. The molecule has 1 fully saturated rings. The van der Waals surface area contributed by atoms with E-state index in [0.29, 0.717) is 12.1 Å². The van der Waals surface area contributed by atoms with E-state index >= 15 is 0 Å². The normalized spacial score (nSPS) is 18.6. The molecule has 0 aliphatic carbocycles. The molecule has 0 aromatic heterocycles. The van der Waals surface area contributed by atoms with Crippen molar-refractivity contribution in [2.24, 2.45) is 5.92 Å². The number of aliphatic hydroxyl groups is 1. The molecule has 1 aliphatic heterocycles. The van der Waals surface area contributed by atoms with Crippen LogP contribution in [-0.2, 0) is 0 Å². The minimum Gasteiger partial charge on any atom is -0.387 e. The topological polar surface area (TPSA) is 50.5 Å². The highest BCUT2D eigenvalue weighted by Crippen LogP contribution is 2.19. The summed E-state index contributed by atoms with van der Waals surface area (Å²) in [6, 6.07) is 9.29. The number of likely N-dealkylation sites (N-methyl/N-ethyl adjacent to an activating group) is 1. The zero-order valence-corrected chi connectivity index (χ0v) is 13.0. The second-order valence-electron chi connectivity index (χ2n) is 6.22. The first kappa shape index (κ1) is 16.0. The Morgan fingerprint density at radius 3 is 2.52 bits per heavy atom. The number of hydrogen-bond acceptors (Lipinski definition) is 4. The van der Waals surface area contributed by atoms with Gasteiger partial charge in [0.15, 0.2) is 0 Å². The summed E-state index contributed by atoms with van der Waals surface area (Å²) in [5.41, 5.74) is 1.51. The van der Waals surface area contributed by atoms with Crippen molar-refractivity contribution in [2.45, 2.75) is 18.9 Å². The molecule has 1 saturated heterocycles. The fourth-order valence-corrected chi connectivity index (χ4v) is 2.94. The van der Waals surface area contributed by atoms with Gasteiger partial charge >= 0.3 is 0 Å². The van der Waals surface area contributed by atoms with Crippen LogP contribution in [-0.4, -0.2) is 55.2 Å². The first-order valence-corrected chi connectivity index (χ1v) is 7.63. The third-order valence-electron chi connectivity index (χ3n) is 4.32. The molecule has 4 nitrogen and oxygen atoms in total. The van der Waals surface area contributed by atoms with Crippen LogP contribution in [0.4, 0.5) is 0 Å². The van der Waals surface area contributed by atoms with Crippen LogP contribution in [0.15, 0.2) is 24.3 Å². The van der Waals surface area contributed by atoms with E-state index < -0.39 is 6.10 Å². The Balaban J connectivity index is 1.81. The summed E-state index contributed by atoms with van der Waals surface area (Å²) in [7, 11) is 4.25. The molecule has 2 rings (SSSR count). The lowest BCUT2D eigenvalue weighted by Gasteiger charge is -2.32. The summed E-state index contributed by atoms with van der Waals surface area (Å²) in [4.78, 5) is 4.60. The van der Waals surface area contributed by atoms with Gasteiger partial charge in [0, 0.05) is 13.1 Å². The van der Waals surface area contributed by atoms with E-state index in [0.717, 1.165) is 18.0 Å². The van der Waals surface area contributed by atoms with Crippen molar-refractivity contribution >= 4 is 0 Å². The monoisotopic (exact) mass is 287 g/mol. The summed E-state index contributed by atoms with van der Waals surface area (Å²) in [6.07, 6.45) is 2.00. The van der Waals surface area contributed by atoms with Crippen LogP contribution in [0.2, 0.25) is 0 Å². The molecular weight excluding hydrogens is 262 g/mol. The first-order valence-electron chi connectivity index (χ1n) is 7.63. The summed E-state index contributed by atoms with van der Waals surface area (Å²) >= 11 is 0. The van der Waals surface area contributed by atoms with Crippen LogP contribution in [0.1, 0.15) is 30.1 Å². The van der Waals surface area contributed by atoms with Crippen molar-refractivity contribution in [1.82, 2.24) is 9.80 Å². The van der Waals surface area contributed by atoms with Crippen LogP contribution in [0.25, 0.3) is 0 Å². The fraction of sp³-hybridized carbons (Fsp3) is 0.588. The Bertz CT molecular complexity index is 472. The Hall–Kier alpha value is -1.41. The lowest BCUT2D eigenvalue weighted by Crippen LogP contribution is -2.37. The molecule has 1 aromatic rings. The highest BCUT2D eigenvalue weighted by Gasteiger charge is 2.19. The Labute approximate surface area is 127 Å². The van der Waals surface area contributed by atoms with Gasteiger partial charge in [-0.1, -0.05) is 12.1 Å². The Morgan fingerprint density at radius 1 is 1.33 bits per heavy atom. The van der Waals surface area contributed by atoms with E-state index in [1.165, 1.54) is 25.9 Å². The molecule has 1 aromatic carbocycles. The number of hydrogen-bond donors (Lipinski definition) is 1. The third kappa shape index (κ3) is 4.82. The van der Waals surface area contributed by atoms with Gasteiger partial charge in [-0.3, -0.25) is 0 Å². The van der Waals surface area contributed by atoms with E-state index in [1.54, 1.807) is 12.1 Å². The number of likely N-dealkylation sites (tertiary alicyclic amines) is 1. The van der Waals surface area contributed by atoms with E-state index in [9.17, 15) is 5.11 Å². The SMILES string of the molecule is CN1CCC(CN(C)CC(O)c2ccc(C#N)cc2)CC1. The van der Waals surface area contributed by atoms with Gasteiger partial charge in [-0.25, -0.2) is 0 Å². The summed E-state index contributed by atoms with van der Waals surface area (Å²) < 4.78 is 0. The van der Waals surface area contributed by atoms with Gasteiger partial charge in [0.1, 0.15) is 0 Å². The second-order valence-corrected chi connectivity index (χ2v) is 6.22. The molecule has 0 saturated carbocycles. The van der Waals surface area contributed by atoms with E-state index in [4.69, 9.17) is 5.26 Å². The molecule has 1 N–H and O–H groups in total. The number of piperidine rings is 1. The smallest absolute Gasteiger partial charge is 0.0991 e. The maximum Gasteiger partial charge on any atom is 0.0991 e. The van der Waals surface area contributed by atoms with E-state index in [1.807, 2.05) is 12.1 Å². The summed E-state index contributed by atoms with van der Waals surface area (Å²) in [5, 5.41) is 19.1. The average molecular weight is 287 g/mol. The maximum atomic E-state index is 10.3. The molecule has 0 spiro atoms. The fourth-order valence-electron chi connectivity index (χ4n) is 2.94. The predicted molar refractivity (Wildman–Crippen MR) is 83.8 cm³/mol.